The standard InChI is InChI=1S/C23H21ClFN7O2/c1-12-8-14(10-26-30-12)18-11-32(6-7-34-18)23-28-19(16-5-4-15(24)9-17(16)25)20-21(29-23)22(33)31(3)13(2)27-20/h4-5,8-10,18H,6-7,11H2,1-3H3/t18-/m0/s1. The SMILES string of the molecule is Cc1cc([C@@H]2CN(c3nc(-c4ccc(Cl)cc4F)c4nc(C)n(C)c(=O)c4n3)CCO2)cnn1. The van der Waals surface area contributed by atoms with Crippen LogP contribution in [-0.4, -0.2) is 49.4 Å². The molecule has 4 aromatic rings. The van der Waals surface area contributed by atoms with Crippen LogP contribution in [0.1, 0.15) is 23.2 Å². The van der Waals surface area contributed by atoms with Gasteiger partial charge in [0.25, 0.3) is 5.56 Å². The second kappa shape index (κ2) is 8.69. The first-order valence-electron chi connectivity index (χ1n) is 10.7. The first kappa shape index (κ1) is 22.3. The number of hydrogen-bond acceptors (Lipinski definition) is 8. The van der Waals surface area contributed by atoms with E-state index in [1.807, 2.05) is 17.9 Å². The first-order chi connectivity index (χ1) is 16.3. The van der Waals surface area contributed by atoms with Crippen molar-refractivity contribution in [1.29, 1.82) is 0 Å². The van der Waals surface area contributed by atoms with Crippen LogP contribution in [-0.2, 0) is 11.8 Å². The minimum Gasteiger partial charge on any atom is -0.370 e. The molecule has 1 aromatic carbocycles. The van der Waals surface area contributed by atoms with Gasteiger partial charge < -0.3 is 9.64 Å². The maximum Gasteiger partial charge on any atom is 0.279 e. The lowest BCUT2D eigenvalue weighted by molar-refractivity contribution is 0.0389. The Morgan fingerprint density at radius 1 is 1.15 bits per heavy atom. The smallest absolute Gasteiger partial charge is 0.279 e. The molecule has 3 aromatic heterocycles. The predicted octanol–water partition coefficient (Wildman–Crippen LogP) is 3.17. The summed E-state index contributed by atoms with van der Waals surface area (Å²) in [5.74, 6) is 0.208. The van der Waals surface area contributed by atoms with Gasteiger partial charge in [-0.25, -0.2) is 19.3 Å². The molecule has 0 saturated carbocycles. The van der Waals surface area contributed by atoms with Crippen LogP contribution in [0.4, 0.5) is 10.3 Å². The summed E-state index contributed by atoms with van der Waals surface area (Å²) in [6.07, 6.45) is 1.39. The summed E-state index contributed by atoms with van der Waals surface area (Å²) in [6, 6.07) is 6.23. The Morgan fingerprint density at radius 2 is 1.97 bits per heavy atom. The van der Waals surface area contributed by atoms with E-state index in [4.69, 9.17) is 16.3 Å². The molecule has 9 nitrogen and oxygen atoms in total. The third kappa shape index (κ3) is 3.99. The monoisotopic (exact) mass is 481 g/mol. The summed E-state index contributed by atoms with van der Waals surface area (Å²) >= 11 is 5.96. The van der Waals surface area contributed by atoms with Gasteiger partial charge in [0.15, 0.2) is 5.52 Å². The van der Waals surface area contributed by atoms with Crippen molar-refractivity contribution in [2.24, 2.45) is 7.05 Å². The lowest BCUT2D eigenvalue weighted by Crippen LogP contribution is -2.39. The largest absolute Gasteiger partial charge is 0.370 e. The highest BCUT2D eigenvalue weighted by atomic mass is 35.5. The molecule has 0 spiro atoms. The summed E-state index contributed by atoms with van der Waals surface area (Å²) in [6.45, 7) is 4.91. The van der Waals surface area contributed by atoms with Crippen LogP contribution in [0.25, 0.3) is 22.3 Å². The highest BCUT2D eigenvalue weighted by molar-refractivity contribution is 6.30. The van der Waals surface area contributed by atoms with E-state index in [-0.39, 0.29) is 39.0 Å². The molecule has 0 amide bonds. The Bertz CT molecular complexity index is 1480. The van der Waals surface area contributed by atoms with Crippen LogP contribution in [0.2, 0.25) is 5.02 Å². The minimum atomic E-state index is -0.559. The van der Waals surface area contributed by atoms with E-state index in [0.717, 1.165) is 11.3 Å². The van der Waals surface area contributed by atoms with Crippen LogP contribution in [0.5, 0.6) is 0 Å². The van der Waals surface area contributed by atoms with Gasteiger partial charge in [0.2, 0.25) is 5.95 Å². The fraction of sp³-hybridized carbons (Fsp3) is 0.304. The van der Waals surface area contributed by atoms with Gasteiger partial charge in [-0.05, 0) is 38.1 Å². The van der Waals surface area contributed by atoms with Crippen molar-refractivity contribution in [1.82, 2.24) is 29.7 Å². The molecule has 5 rings (SSSR count). The second-order valence-electron chi connectivity index (χ2n) is 8.15. The van der Waals surface area contributed by atoms with Crippen molar-refractivity contribution in [3.05, 3.63) is 68.7 Å². The number of nitrogens with zero attached hydrogens (tertiary/aromatic N) is 7. The number of aryl methyl sites for hydroxylation is 2. The van der Waals surface area contributed by atoms with E-state index in [1.165, 1.54) is 16.7 Å². The zero-order valence-corrected chi connectivity index (χ0v) is 19.5. The van der Waals surface area contributed by atoms with E-state index >= 15 is 0 Å². The van der Waals surface area contributed by atoms with Crippen LogP contribution in [0.3, 0.4) is 0 Å². The Labute approximate surface area is 199 Å². The highest BCUT2D eigenvalue weighted by Crippen LogP contribution is 2.31. The Kier molecular flexibility index (Phi) is 5.70. The van der Waals surface area contributed by atoms with Gasteiger partial charge in [0.05, 0.1) is 25.0 Å². The molecule has 0 bridgehead atoms. The molecule has 1 atom stereocenters. The minimum absolute atomic E-state index is 0.118. The van der Waals surface area contributed by atoms with Crippen LogP contribution in [0, 0.1) is 19.7 Å². The molecule has 4 heterocycles. The molecule has 1 aliphatic heterocycles. The van der Waals surface area contributed by atoms with Crippen LogP contribution in [0.15, 0.2) is 35.3 Å². The molecule has 1 fully saturated rings. The number of fused-ring (bicyclic) bond motifs is 1. The molecule has 0 radical (unpaired) electrons. The predicted molar refractivity (Wildman–Crippen MR) is 125 cm³/mol. The first-order valence-corrected chi connectivity index (χ1v) is 11.1. The Balaban J connectivity index is 1.66. The van der Waals surface area contributed by atoms with Crippen LogP contribution >= 0.6 is 11.6 Å². The molecule has 0 unspecified atom stereocenters. The van der Waals surface area contributed by atoms with Gasteiger partial charge in [0, 0.05) is 29.7 Å². The highest BCUT2D eigenvalue weighted by Gasteiger charge is 2.27. The number of halogens is 2. The third-order valence-electron chi connectivity index (χ3n) is 5.84. The molecule has 1 aliphatic rings. The maximum atomic E-state index is 14.9. The second-order valence-corrected chi connectivity index (χ2v) is 8.59. The van der Waals surface area contributed by atoms with Crippen molar-refractivity contribution >= 4 is 28.6 Å². The third-order valence-corrected chi connectivity index (χ3v) is 6.08. The molecule has 174 valence electrons. The van der Waals surface area contributed by atoms with Gasteiger partial charge in [-0.2, -0.15) is 10.2 Å². The zero-order valence-electron chi connectivity index (χ0n) is 18.8. The lowest BCUT2D eigenvalue weighted by atomic mass is 10.1. The number of benzene rings is 1. The fourth-order valence-corrected chi connectivity index (χ4v) is 4.11. The van der Waals surface area contributed by atoms with E-state index in [9.17, 15) is 9.18 Å². The Morgan fingerprint density at radius 3 is 2.74 bits per heavy atom. The van der Waals surface area contributed by atoms with Gasteiger partial charge in [-0.3, -0.25) is 9.36 Å². The molecular formula is C23H21ClFN7O2. The normalized spacial score (nSPS) is 16.3. The molecular weight excluding hydrogens is 461 g/mol. The molecule has 0 aliphatic carbocycles. The number of anilines is 1. The summed E-state index contributed by atoms with van der Waals surface area (Å²) in [5, 5.41) is 8.27. The van der Waals surface area contributed by atoms with Crippen molar-refractivity contribution in [3.8, 4) is 11.3 Å². The zero-order chi connectivity index (χ0) is 24.0. The van der Waals surface area contributed by atoms with E-state index in [1.54, 1.807) is 26.2 Å². The summed E-state index contributed by atoms with van der Waals surface area (Å²) in [4.78, 5) is 28.8. The fourth-order valence-electron chi connectivity index (χ4n) is 3.95. The van der Waals surface area contributed by atoms with Gasteiger partial charge in [-0.1, -0.05) is 11.6 Å². The Hall–Kier alpha value is -3.50. The number of rotatable bonds is 3. The van der Waals surface area contributed by atoms with Crippen molar-refractivity contribution in [3.63, 3.8) is 0 Å². The van der Waals surface area contributed by atoms with Crippen molar-refractivity contribution in [2.45, 2.75) is 20.0 Å². The quantitative estimate of drug-likeness (QED) is 0.440. The van der Waals surface area contributed by atoms with E-state index in [0.29, 0.717) is 31.5 Å². The molecule has 34 heavy (non-hydrogen) atoms. The number of morpholine rings is 1. The van der Waals surface area contributed by atoms with Gasteiger partial charge in [-0.15, -0.1) is 0 Å². The average molecular weight is 482 g/mol. The summed E-state index contributed by atoms with van der Waals surface area (Å²) < 4.78 is 22.3. The average Bonchev–Trinajstić information content (AvgIpc) is 2.82. The van der Waals surface area contributed by atoms with E-state index in [2.05, 4.69) is 25.1 Å². The van der Waals surface area contributed by atoms with Gasteiger partial charge >= 0.3 is 0 Å². The summed E-state index contributed by atoms with van der Waals surface area (Å²) in [7, 11) is 1.62. The maximum absolute atomic E-state index is 14.9. The van der Waals surface area contributed by atoms with E-state index < -0.39 is 5.82 Å². The number of aromatic nitrogens is 6. The summed E-state index contributed by atoms with van der Waals surface area (Å²) in [5.41, 5.74) is 2.12. The topological polar surface area (TPSA) is 98.9 Å². The lowest BCUT2D eigenvalue weighted by Gasteiger charge is -2.33. The number of ether oxygens (including phenoxy) is 1. The molecule has 1 saturated heterocycles. The van der Waals surface area contributed by atoms with Gasteiger partial charge in [0.1, 0.15) is 29.0 Å². The molecule has 11 heteroatoms. The van der Waals surface area contributed by atoms with Crippen molar-refractivity contribution in [2.75, 3.05) is 24.6 Å². The number of hydrogen-bond donors (Lipinski definition) is 0. The molecule has 0 N–H and O–H groups in total. The van der Waals surface area contributed by atoms with Crippen molar-refractivity contribution < 1.29 is 9.13 Å². The van der Waals surface area contributed by atoms with Crippen LogP contribution < -0.4 is 10.5 Å².